The number of hydrogen-bond acceptors (Lipinski definition) is 10. The maximum absolute atomic E-state index is 5.16. The molecule has 0 spiro atoms. The average Bonchev–Trinajstić information content (AvgIpc) is 1.58. The van der Waals surface area contributed by atoms with E-state index < -0.39 is 0 Å². The molecule has 0 bridgehead atoms. The molecule has 0 N–H and O–H groups in total. The number of benzene rings is 17. The Labute approximate surface area is 841 Å². The molecule has 0 unspecified atom stereocenters. The number of anilines is 3. The Balaban J connectivity index is 0.000000118. The first-order valence-electron chi connectivity index (χ1n) is 45.1. The second-order valence-electron chi connectivity index (χ2n) is 34.8. The minimum atomic E-state index is 0. The van der Waals surface area contributed by atoms with Gasteiger partial charge in [-0.25, -0.2) is 4.98 Å². The van der Waals surface area contributed by atoms with Crippen molar-refractivity contribution in [1.29, 1.82) is 0 Å². The van der Waals surface area contributed by atoms with Crippen LogP contribution in [0.4, 0.5) is 17.1 Å². The Bertz CT molecular complexity index is 8960. The molecule has 17 aromatic carbocycles. The predicted molar refractivity (Wildman–Crippen MR) is 552 cm³/mol. The van der Waals surface area contributed by atoms with Gasteiger partial charge in [0.05, 0.1) is 50.6 Å². The van der Waals surface area contributed by atoms with Gasteiger partial charge < -0.3 is 56.8 Å². The minimum absolute atomic E-state index is 0. The molecule has 27 rings (SSSR count). The molecule has 7 aromatic heterocycles. The monoisotopic (exact) mass is 2320 g/mol. The number of rotatable bonds is 12. The molecule has 19 heteroatoms. The number of fused-ring (bicyclic) bond motifs is 15. The van der Waals surface area contributed by atoms with Gasteiger partial charge in [-0.3, -0.25) is 15.0 Å². The molecule has 0 saturated carbocycles. The topological polar surface area (TPSA) is 101 Å². The Morgan fingerprint density at radius 3 is 1.15 bits per heavy atom. The number of hydrogen-bond donors (Lipinski definition) is 0. The summed E-state index contributed by atoms with van der Waals surface area (Å²) >= 11 is 0. The van der Waals surface area contributed by atoms with Crippen LogP contribution in [-0.2, 0) is 84.3 Å². The number of para-hydroxylation sites is 4. The molecule has 3 aliphatic heterocycles. The van der Waals surface area contributed by atoms with Crippen LogP contribution in [-0.4, -0.2) is 83.2 Å². The van der Waals surface area contributed by atoms with Crippen molar-refractivity contribution >= 4 is 148 Å². The summed E-state index contributed by atoms with van der Waals surface area (Å²) in [6.07, 6.45) is 14.1. The van der Waals surface area contributed by atoms with Gasteiger partial charge in [0.2, 0.25) is 0 Å². The Hall–Kier alpha value is -15.4. The van der Waals surface area contributed by atoms with E-state index in [0.29, 0.717) is 0 Å². The molecular formula is C119H83N16Pt3-9. The van der Waals surface area contributed by atoms with Crippen molar-refractivity contribution in [2.24, 2.45) is 21.1 Å². The summed E-state index contributed by atoms with van der Waals surface area (Å²) in [7, 11) is 12.3. The fourth-order valence-corrected chi connectivity index (χ4v) is 19.7. The quantitative estimate of drug-likeness (QED) is 0.110. The molecule has 0 atom stereocenters. The van der Waals surface area contributed by atoms with E-state index >= 15 is 0 Å². The third-order valence-corrected chi connectivity index (χ3v) is 26.4. The fraction of sp³-hybridized carbons (Fsp3) is 0.0504. The fourth-order valence-electron chi connectivity index (χ4n) is 19.7. The molecule has 10 heterocycles. The van der Waals surface area contributed by atoms with E-state index in [0.717, 1.165) is 162 Å². The summed E-state index contributed by atoms with van der Waals surface area (Å²) in [5, 5.41) is 14.2. The third kappa shape index (κ3) is 15.5. The van der Waals surface area contributed by atoms with Gasteiger partial charge in [0, 0.05) is 102 Å². The van der Waals surface area contributed by atoms with E-state index in [2.05, 4.69) is 428 Å². The standard InChI is InChI=1S/2C40H28N5.C39H27N6.3Pt/c1-42-20-21-44(26-42)32-10-7-11-33(25-32)45-37-19-17-30(29-15-14-27-8-3-4-9-28(27)22-29)23-35(37)34-18-16-31(24-39(34)45)40-41-36-12-5-6-13-38(36)43(40)2;1-42-20-21-44(26-42)32-10-7-11-33(25-32)45-38-23-30(29-15-14-27-8-3-4-9-28(27)22-29)16-18-34(38)35-19-17-31(24-39(35)45)40-41-36-12-5-6-13-37(36)43(40)2;1-42-20-21-44(25-42)29-10-6-11-30(24-29)45-37-23-28(15-17-33(37)34-14-7-19-40-39(34)45)38-41-35-22-27(16-18-36(35)43(38)2)32-13-5-9-26-8-3-4-12-31(26)32;;;/h2*3-23,26H,1-2H3;3-22,25H,1-2H3;;;/q3*-3;;;. The third-order valence-electron chi connectivity index (χ3n) is 26.4. The molecule has 16 nitrogen and oxygen atoms in total. The van der Waals surface area contributed by atoms with E-state index in [1.165, 1.54) is 70.9 Å². The normalized spacial score (nSPS) is 13.0. The van der Waals surface area contributed by atoms with E-state index in [9.17, 15) is 0 Å². The van der Waals surface area contributed by atoms with Crippen molar-refractivity contribution in [3.63, 3.8) is 0 Å². The van der Waals surface area contributed by atoms with Crippen LogP contribution in [0.25, 0.3) is 216 Å². The Morgan fingerprint density at radius 2 is 0.623 bits per heavy atom. The van der Waals surface area contributed by atoms with Gasteiger partial charge >= 0.3 is 0 Å². The molecule has 678 valence electrons. The zero-order chi connectivity index (χ0) is 90.2. The first kappa shape index (κ1) is 87.9. The van der Waals surface area contributed by atoms with Crippen LogP contribution in [0.5, 0.6) is 0 Å². The SMILES string of the molecule is CN1C=CN(c2[c-]c(-n3c4[c-]c(-c5nc6cc(-c7cccc8ccccc78)ccc6n5C)ccc4c4cccnc43)ccc2)[CH-]1.CN1C=CN(c2[c-]c(-n3c4[c-]c(-c5nc6ccccc6n5C)ccc4c4cc(-c5ccc6ccccc6c5)ccc43)ccc2)[CH-]1.CN1C=CN(c2[c-]c(-n3c4[c-]c(-c5nc6ccccc6n5C)ccc4c4ccc(-c5ccc6ccccc6c5)cc43)ccc2)[CH-]1.[Pt].[Pt].[Pt]. The zero-order valence-corrected chi connectivity index (χ0v) is 82.4. The molecule has 0 saturated heterocycles. The summed E-state index contributed by atoms with van der Waals surface area (Å²) in [6, 6.07) is 140. The first-order valence-corrected chi connectivity index (χ1v) is 45.1. The number of pyridine rings is 1. The van der Waals surface area contributed by atoms with Crippen molar-refractivity contribution in [2.75, 3.05) is 35.8 Å². The second kappa shape index (κ2) is 36.0. The van der Waals surface area contributed by atoms with Gasteiger partial charge in [-0.05, 0) is 223 Å². The van der Waals surface area contributed by atoms with Crippen LogP contribution in [0.1, 0.15) is 0 Å². The van der Waals surface area contributed by atoms with Crippen LogP contribution in [0.2, 0.25) is 0 Å². The van der Waals surface area contributed by atoms with Crippen molar-refractivity contribution in [3.8, 4) is 84.6 Å². The summed E-state index contributed by atoms with van der Waals surface area (Å²) < 4.78 is 13.2. The van der Waals surface area contributed by atoms with Crippen LogP contribution in [0.15, 0.2) is 377 Å². The summed E-state index contributed by atoms with van der Waals surface area (Å²) in [6.45, 7) is 6.13. The molecular weight excluding hydrogens is 2240 g/mol. The summed E-state index contributed by atoms with van der Waals surface area (Å²) in [5.74, 6) is 2.65. The van der Waals surface area contributed by atoms with Crippen LogP contribution >= 0.6 is 0 Å². The molecule has 0 amide bonds. The molecule has 0 aliphatic carbocycles. The van der Waals surface area contributed by atoms with Crippen molar-refractivity contribution in [3.05, 3.63) is 433 Å². The van der Waals surface area contributed by atoms with Crippen molar-refractivity contribution in [1.82, 2.24) is 62.0 Å². The summed E-state index contributed by atoms with van der Waals surface area (Å²) in [4.78, 5) is 32.3. The average molecular weight is 2320 g/mol. The molecule has 24 aromatic rings. The van der Waals surface area contributed by atoms with Crippen LogP contribution in [0.3, 0.4) is 0 Å². The number of nitrogens with zero attached hydrogens (tertiary/aromatic N) is 16. The van der Waals surface area contributed by atoms with Crippen molar-refractivity contribution in [2.45, 2.75) is 0 Å². The van der Waals surface area contributed by atoms with E-state index in [4.69, 9.17) is 19.9 Å². The maximum atomic E-state index is 5.16. The van der Waals surface area contributed by atoms with Crippen LogP contribution < -0.4 is 14.7 Å². The molecule has 0 radical (unpaired) electrons. The van der Waals surface area contributed by atoms with Gasteiger partial charge in [0.1, 0.15) is 5.65 Å². The van der Waals surface area contributed by atoms with E-state index in [-0.39, 0.29) is 63.2 Å². The molecule has 138 heavy (non-hydrogen) atoms. The predicted octanol–water partition coefficient (Wildman–Crippen LogP) is 26.7. The molecule has 3 aliphatic rings. The number of aromatic nitrogens is 10. The zero-order valence-electron chi connectivity index (χ0n) is 75.6. The maximum Gasteiger partial charge on any atom is 0.132 e. The smallest absolute Gasteiger partial charge is 0.132 e. The van der Waals surface area contributed by atoms with Gasteiger partial charge in [0.15, 0.2) is 0 Å². The minimum Gasteiger partial charge on any atom is -0.510 e. The Morgan fingerprint density at radius 1 is 0.239 bits per heavy atom. The second-order valence-corrected chi connectivity index (χ2v) is 34.8. The van der Waals surface area contributed by atoms with Gasteiger partial charge in [-0.1, -0.05) is 209 Å². The Kier molecular flexibility index (Phi) is 22.9. The first-order chi connectivity index (χ1) is 66.3. The summed E-state index contributed by atoms with van der Waals surface area (Å²) in [5.41, 5.74) is 27.9. The largest absolute Gasteiger partial charge is 0.510 e. The number of aryl methyl sites for hydroxylation is 3. The van der Waals surface area contributed by atoms with Gasteiger partial charge in [-0.15, -0.1) is 143 Å². The van der Waals surface area contributed by atoms with Crippen LogP contribution in [0, 0.1) is 56.4 Å². The van der Waals surface area contributed by atoms with E-state index in [1.54, 1.807) is 0 Å². The molecule has 0 fully saturated rings. The van der Waals surface area contributed by atoms with Crippen molar-refractivity contribution < 1.29 is 63.2 Å². The number of imidazole rings is 3. The van der Waals surface area contributed by atoms with E-state index in [1.807, 2.05) is 105 Å². The van der Waals surface area contributed by atoms with Gasteiger partial charge in [0.25, 0.3) is 0 Å². The van der Waals surface area contributed by atoms with Gasteiger partial charge in [-0.2, -0.15) is 38.2 Å².